The van der Waals surface area contributed by atoms with Crippen molar-refractivity contribution in [2.24, 2.45) is 17.6 Å². The largest absolute Gasteiger partial charge is 0.330 e. The van der Waals surface area contributed by atoms with Gasteiger partial charge in [-0.3, -0.25) is 4.79 Å². The van der Waals surface area contributed by atoms with Crippen LogP contribution in [0.1, 0.15) is 39.0 Å². The zero-order valence-corrected chi connectivity index (χ0v) is 7.88. The second-order valence-electron chi connectivity index (χ2n) is 3.72. The van der Waals surface area contributed by atoms with Gasteiger partial charge in [0.2, 0.25) is 0 Å². The van der Waals surface area contributed by atoms with Gasteiger partial charge in [-0.05, 0) is 19.3 Å². The van der Waals surface area contributed by atoms with Gasteiger partial charge in [0.25, 0.3) is 0 Å². The molecule has 2 nitrogen and oxygen atoms in total. The third kappa shape index (κ3) is 2.07. The van der Waals surface area contributed by atoms with Crippen molar-refractivity contribution >= 4 is 5.78 Å². The molecular formula is C10H19NO. The van der Waals surface area contributed by atoms with E-state index in [-0.39, 0.29) is 5.92 Å². The Labute approximate surface area is 74.5 Å². The smallest absolute Gasteiger partial charge is 0.140 e. The number of ketones is 1. The Morgan fingerprint density at radius 1 is 1.50 bits per heavy atom. The summed E-state index contributed by atoms with van der Waals surface area (Å²) in [6.45, 7) is 2.58. The van der Waals surface area contributed by atoms with Crippen LogP contribution in [0.3, 0.4) is 0 Å². The van der Waals surface area contributed by atoms with Crippen molar-refractivity contribution in [3.8, 4) is 0 Å². The Kier molecular flexibility index (Phi) is 3.73. The van der Waals surface area contributed by atoms with Crippen LogP contribution in [0.2, 0.25) is 0 Å². The van der Waals surface area contributed by atoms with Gasteiger partial charge in [-0.1, -0.05) is 19.8 Å². The van der Waals surface area contributed by atoms with Gasteiger partial charge in [-0.25, -0.2) is 0 Å². The first-order chi connectivity index (χ1) is 5.79. The molecule has 0 amide bonds. The van der Waals surface area contributed by atoms with E-state index in [4.69, 9.17) is 5.73 Å². The monoisotopic (exact) mass is 169 g/mol. The summed E-state index contributed by atoms with van der Waals surface area (Å²) < 4.78 is 0. The van der Waals surface area contributed by atoms with E-state index in [0.717, 1.165) is 19.3 Å². The summed E-state index contributed by atoms with van der Waals surface area (Å²) in [5.41, 5.74) is 5.53. The summed E-state index contributed by atoms with van der Waals surface area (Å²) in [6.07, 6.45) is 5.59. The van der Waals surface area contributed by atoms with E-state index in [9.17, 15) is 4.79 Å². The van der Waals surface area contributed by atoms with E-state index in [2.05, 4.69) is 0 Å². The summed E-state index contributed by atoms with van der Waals surface area (Å²) in [4.78, 5) is 11.7. The molecule has 1 fully saturated rings. The van der Waals surface area contributed by atoms with Crippen LogP contribution in [0.25, 0.3) is 0 Å². The van der Waals surface area contributed by atoms with Gasteiger partial charge >= 0.3 is 0 Å². The minimum absolute atomic E-state index is 0.132. The number of Topliss-reactive ketones (excluding diaryl/α,β-unsaturated/α-hetero) is 1. The van der Waals surface area contributed by atoms with Crippen LogP contribution in [0, 0.1) is 11.8 Å². The van der Waals surface area contributed by atoms with E-state index >= 15 is 0 Å². The Morgan fingerprint density at radius 2 is 2.08 bits per heavy atom. The lowest BCUT2D eigenvalue weighted by Crippen LogP contribution is -2.27. The van der Waals surface area contributed by atoms with E-state index in [1.807, 2.05) is 6.92 Å². The topological polar surface area (TPSA) is 43.1 Å². The zero-order valence-electron chi connectivity index (χ0n) is 7.88. The Hall–Kier alpha value is -0.370. The number of rotatable bonds is 4. The first-order valence-corrected chi connectivity index (χ1v) is 5.03. The summed E-state index contributed by atoms with van der Waals surface area (Å²) in [7, 11) is 0. The Morgan fingerprint density at radius 3 is 2.50 bits per heavy atom. The molecule has 2 N–H and O–H groups in total. The average molecular weight is 169 g/mol. The lowest BCUT2D eigenvalue weighted by atomic mass is 9.90. The second kappa shape index (κ2) is 4.61. The van der Waals surface area contributed by atoms with Crippen LogP contribution in [0.4, 0.5) is 0 Å². The van der Waals surface area contributed by atoms with Gasteiger partial charge in [0.1, 0.15) is 5.78 Å². The highest BCUT2D eigenvalue weighted by Gasteiger charge is 2.27. The third-order valence-corrected chi connectivity index (χ3v) is 2.94. The standard InChI is InChI=1S/C10H19NO/c1-2-8(7-11)10(12)9-5-3-4-6-9/h8-9H,2-7,11H2,1H3. The van der Waals surface area contributed by atoms with Crippen molar-refractivity contribution < 1.29 is 4.79 Å². The molecule has 1 aliphatic carbocycles. The molecule has 0 radical (unpaired) electrons. The van der Waals surface area contributed by atoms with Crippen molar-refractivity contribution in [3.63, 3.8) is 0 Å². The van der Waals surface area contributed by atoms with Crippen LogP contribution in [-0.2, 0) is 4.79 Å². The van der Waals surface area contributed by atoms with E-state index < -0.39 is 0 Å². The normalized spacial score (nSPS) is 21.2. The molecule has 0 aliphatic heterocycles. The predicted octanol–water partition coefficient (Wildman–Crippen LogP) is 1.73. The molecule has 0 bridgehead atoms. The lowest BCUT2D eigenvalue weighted by Gasteiger charge is -2.15. The van der Waals surface area contributed by atoms with Crippen LogP contribution in [0.5, 0.6) is 0 Å². The fourth-order valence-electron chi connectivity index (χ4n) is 2.03. The van der Waals surface area contributed by atoms with Crippen molar-refractivity contribution in [1.29, 1.82) is 0 Å². The zero-order chi connectivity index (χ0) is 8.97. The maximum absolute atomic E-state index is 11.7. The molecular weight excluding hydrogens is 150 g/mol. The SMILES string of the molecule is CCC(CN)C(=O)C1CCCC1. The summed E-state index contributed by atoms with van der Waals surface area (Å²) in [5.74, 6) is 0.907. The van der Waals surface area contributed by atoms with Crippen LogP contribution < -0.4 is 5.73 Å². The molecule has 0 saturated heterocycles. The van der Waals surface area contributed by atoms with Gasteiger partial charge in [0.05, 0.1) is 0 Å². The molecule has 12 heavy (non-hydrogen) atoms. The summed E-state index contributed by atoms with van der Waals surface area (Å²) in [5, 5.41) is 0. The van der Waals surface area contributed by atoms with E-state index in [1.165, 1.54) is 12.8 Å². The van der Waals surface area contributed by atoms with Gasteiger partial charge in [0.15, 0.2) is 0 Å². The number of hydrogen-bond acceptors (Lipinski definition) is 2. The van der Waals surface area contributed by atoms with Gasteiger partial charge in [-0.15, -0.1) is 0 Å². The molecule has 1 rings (SSSR count). The van der Waals surface area contributed by atoms with Crippen molar-refractivity contribution in [1.82, 2.24) is 0 Å². The minimum Gasteiger partial charge on any atom is -0.330 e. The number of nitrogens with two attached hydrogens (primary N) is 1. The fourth-order valence-corrected chi connectivity index (χ4v) is 2.03. The van der Waals surface area contributed by atoms with Gasteiger partial charge in [0, 0.05) is 18.4 Å². The molecule has 0 aromatic heterocycles. The predicted molar refractivity (Wildman–Crippen MR) is 49.8 cm³/mol. The number of carbonyl (C=O) groups excluding carboxylic acids is 1. The van der Waals surface area contributed by atoms with Crippen molar-refractivity contribution in [2.75, 3.05) is 6.54 Å². The quantitative estimate of drug-likeness (QED) is 0.696. The number of carbonyl (C=O) groups is 1. The maximum Gasteiger partial charge on any atom is 0.140 e. The Balaban J connectivity index is 2.43. The molecule has 1 unspecified atom stereocenters. The van der Waals surface area contributed by atoms with Crippen molar-refractivity contribution in [2.45, 2.75) is 39.0 Å². The van der Waals surface area contributed by atoms with Crippen LogP contribution >= 0.6 is 0 Å². The lowest BCUT2D eigenvalue weighted by molar-refractivity contribution is -0.126. The van der Waals surface area contributed by atoms with Crippen LogP contribution in [-0.4, -0.2) is 12.3 Å². The highest BCUT2D eigenvalue weighted by Crippen LogP contribution is 2.28. The van der Waals surface area contributed by atoms with E-state index in [1.54, 1.807) is 0 Å². The first-order valence-electron chi connectivity index (χ1n) is 5.03. The minimum atomic E-state index is 0.132. The van der Waals surface area contributed by atoms with Gasteiger partial charge < -0.3 is 5.73 Å². The fraction of sp³-hybridized carbons (Fsp3) is 0.900. The van der Waals surface area contributed by atoms with Gasteiger partial charge in [-0.2, -0.15) is 0 Å². The molecule has 0 spiro atoms. The molecule has 0 aromatic rings. The highest BCUT2D eigenvalue weighted by atomic mass is 16.1. The molecule has 1 aliphatic rings. The molecule has 2 heteroatoms. The summed E-state index contributed by atoms with van der Waals surface area (Å²) >= 11 is 0. The van der Waals surface area contributed by atoms with Crippen LogP contribution in [0.15, 0.2) is 0 Å². The summed E-state index contributed by atoms with van der Waals surface area (Å²) in [6, 6.07) is 0. The molecule has 70 valence electrons. The Bertz CT molecular complexity index is 142. The van der Waals surface area contributed by atoms with E-state index in [0.29, 0.717) is 18.2 Å². The number of hydrogen-bond donors (Lipinski definition) is 1. The molecule has 1 atom stereocenters. The molecule has 1 saturated carbocycles. The maximum atomic E-state index is 11.7. The van der Waals surface area contributed by atoms with Crippen molar-refractivity contribution in [3.05, 3.63) is 0 Å². The first kappa shape index (κ1) is 9.72. The average Bonchev–Trinajstić information content (AvgIpc) is 2.58. The third-order valence-electron chi connectivity index (χ3n) is 2.94. The molecule has 0 aromatic carbocycles. The molecule has 0 heterocycles. The highest BCUT2D eigenvalue weighted by molar-refractivity contribution is 5.83. The second-order valence-corrected chi connectivity index (χ2v) is 3.72.